The van der Waals surface area contributed by atoms with Crippen LogP contribution in [0.15, 0.2) is 24.3 Å². The Morgan fingerprint density at radius 3 is 2.59 bits per heavy atom. The molecule has 1 heterocycles. The van der Waals surface area contributed by atoms with Gasteiger partial charge in [-0.1, -0.05) is 39.0 Å². The van der Waals surface area contributed by atoms with Crippen molar-refractivity contribution in [2.24, 2.45) is 0 Å². The monoisotopic (exact) mass is 232 g/mol. The van der Waals surface area contributed by atoms with Crippen LogP contribution in [0, 0.1) is 0 Å². The van der Waals surface area contributed by atoms with E-state index in [1.165, 1.54) is 5.56 Å². The molecule has 1 saturated heterocycles. The number of carbonyl (C=O) groups excluding carboxylic acids is 1. The number of nitrogens with one attached hydrogen (secondary N) is 1. The highest BCUT2D eigenvalue weighted by Crippen LogP contribution is 2.32. The van der Waals surface area contributed by atoms with Gasteiger partial charge < -0.3 is 10.2 Å². The largest absolute Gasteiger partial charge is 0.310 e. The third-order valence-electron chi connectivity index (χ3n) is 3.09. The van der Waals surface area contributed by atoms with Gasteiger partial charge in [-0.2, -0.15) is 0 Å². The summed E-state index contributed by atoms with van der Waals surface area (Å²) in [5, 5.41) is 3.10. The van der Waals surface area contributed by atoms with Crippen molar-refractivity contribution < 1.29 is 4.79 Å². The fourth-order valence-electron chi connectivity index (χ4n) is 2.20. The molecule has 1 fully saturated rings. The molecule has 0 bridgehead atoms. The van der Waals surface area contributed by atoms with Crippen molar-refractivity contribution in [1.82, 2.24) is 5.32 Å². The molecule has 0 aliphatic carbocycles. The quantitative estimate of drug-likeness (QED) is 0.802. The van der Waals surface area contributed by atoms with E-state index in [4.69, 9.17) is 0 Å². The SMILES string of the molecule is CC(C)(C)c1ccccc1N1CCNCC1=O. The minimum atomic E-state index is 0.0573. The normalized spacial score (nSPS) is 17.4. The molecule has 0 atom stereocenters. The Kier molecular flexibility index (Phi) is 3.20. The molecule has 1 aliphatic heterocycles. The summed E-state index contributed by atoms with van der Waals surface area (Å²) in [6.45, 7) is 8.60. The van der Waals surface area contributed by atoms with Gasteiger partial charge in [0.1, 0.15) is 0 Å². The van der Waals surface area contributed by atoms with Crippen LogP contribution < -0.4 is 10.2 Å². The standard InChI is InChI=1S/C14H20N2O/c1-14(2,3)11-6-4-5-7-12(11)16-9-8-15-10-13(16)17/h4-7,15H,8-10H2,1-3H3. The summed E-state index contributed by atoms with van der Waals surface area (Å²) in [7, 11) is 0. The zero-order valence-electron chi connectivity index (χ0n) is 10.8. The highest BCUT2D eigenvalue weighted by atomic mass is 16.2. The minimum absolute atomic E-state index is 0.0573. The van der Waals surface area contributed by atoms with E-state index in [2.05, 4.69) is 32.2 Å². The number of hydrogen-bond acceptors (Lipinski definition) is 2. The van der Waals surface area contributed by atoms with E-state index in [1.807, 2.05) is 23.1 Å². The van der Waals surface area contributed by atoms with Gasteiger partial charge in [0.2, 0.25) is 5.91 Å². The first-order chi connectivity index (χ1) is 8.00. The zero-order chi connectivity index (χ0) is 12.5. The van der Waals surface area contributed by atoms with Crippen molar-refractivity contribution >= 4 is 11.6 Å². The van der Waals surface area contributed by atoms with Gasteiger partial charge in [0.25, 0.3) is 0 Å². The topological polar surface area (TPSA) is 32.3 Å². The first-order valence-electron chi connectivity index (χ1n) is 6.11. The summed E-state index contributed by atoms with van der Waals surface area (Å²) >= 11 is 0. The van der Waals surface area contributed by atoms with E-state index < -0.39 is 0 Å². The Hall–Kier alpha value is -1.35. The average Bonchev–Trinajstić information content (AvgIpc) is 2.28. The second-order valence-corrected chi connectivity index (χ2v) is 5.49. The molecule has 1 aromatic carbocycles. The summed E-state index contributed by atoms with van der Waals surface area (Å²) in [6.07, 6.45) is 0. The lowest BCUT2D eigenvalue weighted by molar-refractivity contribution is -0.118. The molecule has 17 heavy (non-hydrogen) atoms. The molecule has 1 aliphatic rings. The van der Waals surface area contributed by atoms with Gasteiger partial charge in [0, 0.05) is 18.8 Å². The first-order valence-corrected chi connectivity index (χ1v) is 6.11. The molecular weight excluding hydrogens is 212 g/mol. The summed E-state index contributed by atoms with van der Waals surface area (Å²) in [5.74, 6) is 0.160. The molecule has 1 amide bonds. The van der Waals surface area contributed by atoms with E-state index in [9.17, 15) is 4.79 Å². The number of hydrogen-bond donors (Lipinski definition) is 1. The van der Waals surface area contributed by atoms with Crippen LogP contribution in [-0.4, -0.2) is 25.5 Å². The highest BCUT2D eigenvalue weighted by molar-refractivity contribution is 5.96. The third-order valence-corrected chi connectivity index (χ3v) is 3.09. The van der Waals surface area contributed by atoms with Crippen molar-refractivity contribution in [2.75, 3.05) is 24.5 Å². The van der Waals surface area contributed by atoms with Crippen LogP contribution in [0.2, 0.25) is 0 Å². The molecule has 1 N–H and O–H groups in total. The van der Waals surface area contributed by atoms with E-state index in [0.717, 1.165) is 18.8 Å². The van der Waals surface area contributed by atoms with Crippen LogP contribution in [0.5, 0.6) is 0 Å². The number of piperazine rings is 1. The van der Waals surface area contributed by atoms with E-state index in [0.29, 0.717) is 6.54 Å². The maximum Gasteiger partial charge on any atom is 0.240 e. The van der Waals surface area contributed by atoms with Crippen molar-refractivity contribution in [3.63, 3.8) is 0 Å². The maximum absolute atomic E-state index is 11.9. The van der Waals surface area contributed by atoms with Crippen molar-refractivity contribution in [3.8, 4) is 0 Å². The lowest BCUT2D eigenvalue weighted by atomic mass is 9.85. The predicted octanol–water partition coefficient (Wildman–Crippen LogP) is 1.92. The zero-order valence-corrected chi connectivity index (χ0v) is 10.8. The molecular formula is C14H20N2O. The minimum Gasteiger partial charge on any atom is -0.310 e. The molecule has 2 rings (SSSR count). The average molecular weight is 232 g/mol. The Morgan fingerprint density at radius 1 is 1.24 bits per heavy atom. The molecule has 3 heteroatoms. The number of amides is 1. The van der Waals surface area contributed by atoms with Gasteiger partial charge in [-0.05, 0) is 17.0 Å². The fourth-order valence-corrected chi connectivity index (χ4v) is 2.20. The second-order valence-electron chi connectivity index (χ2n) is 5.49. The molecule has 0 spiro atoms. The van der Waals surface area contributed by atoms with E-state index in [1.54, 1.807) is 0 Å². The third kappa shape index (κ3) is 2.50. The lowest BCUT2D eigenvalue weighted by Gasteiger charge is -2.32. The molecule has 0 radical (unpaired) electrons. The van der Waals surface area contributed by atoms with E-state index >= 15 is 0 Å². The van der Waals surface area contributed by atoms with Gasteiger partial charge >= 0.3 is 0 Å². The Bertz CT molecular complexity index is 420. The second kappa shape index (κ2) is 4.49. The van der Waals surface area contributed by atoms with Crippen LogP contribution in [0.25, 0.3) is 0 Å². The smallest absolute Gasteiger partial charge is 0.240 e. The number of rotatable bonds is 1. The summed E-state index contributed by atoms with van der Waals surface area (Å²) in [6, 6.07) is 8.20. The fraction of sp³-hybridized carbons (Fsp3) is 0.500. The van der Waals surface area contributed by atoms with Crippen LogP contribution in [-0.2, 0) is 10.2 Å². The maximum atomic E-state index is 11.9. The molecule has 0 unspecified atom stereocenters. The summed E-state index contributed by atoms with van der Waals surface area (Å²) < 4.78 is 0. The number of para-hydroxylation sites is 1. The predicted molar refractivity (Wildman–Crippen MR) is 70.4 cm³/mol. The molecule has 0 saturated carbocycles. The highest BCUT2D eigenvalue weighted by Gasteiger charge is 2.25. The summed E-state index contributed by atoms with van der Waals surface area (Å²) in [5.41, 5.74) is 2.35. The summed E-state index contributed by atoms with van der Waals surface area (Å²) in [4.78, 5) is 13.8. The van der Waals surface area contributed by atoms with Crippen LogP contribution in [0.3, 0.4) is 0 Å². The molecule has 3 nitrogen and oxygen atoms in total. The number of nitrogens with zero attached hydrogens (tertiary/aromatic N) is 1. The lowest BCUT2D eigenvalue weighted by Crippen LogP contribution is -2.48. The molecule has 0 aromatic heterocycles. The number of benzene rings is 1. The van der Waals surface area contributed by atoms with Gasteiger partial charge in [-0.25, -0.2) is 0 Å². The Morgan fingerprint density at radius 2 is 1.94 bits per heavy atom. The van der Waals surface area contributed by atoms with Crippen molar-refractivity contribution in [2.45, 2.75) is 26.2 Å². The van der Waals surface area contributed by atoms with Crippen LogP contribution >= 0.6 is 0 Å². The van der Waals surface area contributed by atoms with Crippen molar-refractivity contribution in [1.29, 1.82) is 0 Å². The Balaban J connectivity index is 2.41. The van der Waals surface area contributed by atoms with Gasteiger partial charge in [0.15, 0.2) is 0 Å². The Labute approximate surface area is 103 Å². The van der Waals surface area contributed by atoms with Crippen LogP contribution in [0.1, 0.15) is 26.3 Å². The van der Waals surface area contributed by atoms with Crippen molar-refractivity contribution in [3.05, 3.63) is 29.8 Å². The molecule has 1 aromatic rings. The van der Waals surface area contributed by atoms with E-state index in [-0.39, 0.29) is 11.3 Å². The number of anilines is 1. The first kappa shape index (κ1) is 12.1. The molecule has 92 valence electrons. The van der Waals surface area contributed by atoms with Gasteiger partial charge in [-0.15, -0.1) is 0 Å². The van der Waals surface area contributed by atoms with Gasteiger partial charge in [-0.3, -0.25) is 4.79 Å². The van der Waals surface area contributed by atoms with Gasteiger partial charge in [0.05, 0.1) is 6.54 Å². The number of carbonyl (C=O) groups is 1. The van der Waals surface area contributed by atoms with Crippen LogP contribution in [0.4, 0.5) is 5.69 Å².